The fraction of sp³-hybridized carbons (Fsp3) is 0.375. The van der Waals surface area contributed by atoms with Gasteiger partial charge in [0.2, 0.25) is 0 Å². The Hall–Kier alpha value is -2.54. The van der Waals surface area contributed by atoms with Gasteiger partial charge in [0.15, 0.2) is 5.82 Å². The van der Waals surface area contributed by atoms with Crippen molar-refractivity contribution in [3.63, 3.8) is 0 Å². The molecule has 0 atom stereocenters. The zero-order valence-corrected chi connectivity index (χ0v) is 13.7. The third-order valence-corrected chi connectivity index (χ3v) is 3.75. The molecule has 23 heavy (non-hydrogen) atoms. The minimum atomic E-state index is 0.612. The summed E-state index contributed by atoms with van der Waals surface area (Å²) < 4.78 is 3.74. The van der Waals surface area contributed by atoms with Crippen molar-refractivity contribution in [2.75, 3.05) is 6.54 Å². The van der Waals surface area contributed by atoms with E-state index in [9.17, 15) is 0 Å². The first-order valence-corrected chi connectivity index (χ1v) is 7.69. The molecule has 1 aromatic carbocycles. The van der Waals surface area contributed by atoms with Gasteiger partial charge in [-0.2, -0.15) is 9.78 Å². The van der Waals surface area contributed by atoms with E-state index in [0.29, 0.717) is 6.54 Å². The number of aromatic nitrogens is 6. The number of hydrogen-bond donors (Lipinski definition) is 1. The first kappa shape index (κ1) is 15.4. The number of tetrazole rings is 1. The summed E-state index contributed by atoms with van der Waals surface area (Å²) in [4.78, 5) is 0. The Balaban J connectivity index is 1.65. The van der Waals surface area contributed by atoms with Crippen LogP contribution in [0.1, 0.15) is 22.5 Å². The Bertz CT molecular complexity index is 767. The molecule has 0 aliphatic carbocycles. The number of nitrogens with one attached hydrogen (secondary N) is 1. The van der Waals surface area contributed by atoms with Gasteiger partial charge in [-0.25, -0.2) is 0 Å². The van der Waals surface area contributed by atoms with Gasteiger partial charge in [-0.3, -0.25) is 4.68 Å². The Morgan fingerprint density at radius 2 is 1.91 bits per heavy atom. The van der Waals surface area contributed by atoms with Crippen molar-refractivity contribution in [3.05, 3.63) is 53.1 Å². The molecule has 1 N–H and O–H groups in total. The van der Waals surface area contributed by atoms with E-state index in [2.05, 4.69) is 51.9 Å². The van der Waals surface area contributed by atoms with Gasteiger partial charge in [0, 0.05) is 12.7 Å². The third kappa shape index (κ3) is 3.45. The fourth-order valence-electron chi connectivity index (χ4n) is 2.61. The van der Waals surface area contributed by atoms with Gasteiger partial charge in [-0.1, -0.05) is 18.2 Å². The van der Waals surface area contributed by atoms with Gasteiger partial charge in [-0.15, -0.1) is 5.10 Å². The van der Waals surface area contributed by atoms with Gasteiger partial charge in [-0.05, 0) is 47.9 Å². The summed E-state index contributed by atoms with van der Waals surface area (Å²) in [5, 5.41) is 19.8. The van der Waals surface area contributed by atoms with E-state index < -0.39 is 0 Å². The summed E-state index contributed by atoms with van der Waals surface area (Å²) in [7, 11) is 0. The van der Waals surface area contributed by atoms with Crippen LogP contribution < -0.4 is 5.32 Å². The summed E-state index contributed by atoms with van der Waals surface area (Å²) in [5.74, 6) is 0.805. The zero-order valence-electron chi connectivity index (χ0n) is 13.7. The van der Waals surface area contributed by atoms with Crippen LogP contribution in [0.4, 0.5) is 0 Å². The molecule has 0 saturated carbocycles. The summed E-state index contributed by atoms with van der Waals surface area (Å²) in [6.45, 7) is 8.42. The van der Waals surface area contributed by atoms with Crippen LogP contribution in [0, 0.1) is 20.8 Å². The van der Waals surface area contributed by atoms with E-state index in [0.717, 1.165) is 35.7 Å². The number of hydrogen-bond acceptors (Lipinski definition) is 5. The smallest absolute Gasteiger partial charge is 0.170 e. The Morgan fingerprint density at radius 3 is 2.61 bits per heavy atom. The van der Waals surface area contributed by atoms with Crippen LogP contribution in [0.3, 0.4) is 0 Å². The summed E-state index contributed by atoms with van der Waals surface area (Å²) in [5.41, 5.74) is 4.54. The average Bonchev–Trinajstić information content (AvgIpc) is 3.13. The van der Waals surface area contributed by atoms with Gasteiger partial charge >= 0.3 is 0 Å². The highest BCUT2D eigenvalue weighted by atomic mass is 15.5. The number of rotatable bonds is 6. The molecule has 7 heteroatoms. The highest BCUT2D eigenvalue weighted by Crippen LogP contribution is 2.18. The van der Waals surface area contributed by atoms with Crippen LogP contribution in [0.2, 0.25) is 0 Å². The van der Waals surface area contributed by atoms with Crippen LogP contribution in [0.25, 0.3) is 5.69 Å². The van der Waals surface area contributed by atoms with Crippen LogP contribution in [-0.2, 0) is 13.1 Å². The average molecular weight is 311 g/mol. The summed E-state index contributed by atoms with van der Waals surface area (Å²) in [6, 6.07) is 6.19. The second-order valence-electron chi connectivity index (χ2n) is 5.70. The molecule has 0 fully saturated rings. The molecule has 120 valence electrons. The van der Waals surface area contributed by atoms with Crippen molar-refractivity contribution < 1.29 is 0 Å². The van der Waals surface area contributed by atoms with Crippen molar-refractivity contribution in [1.29, 1.82) is 0 Å². The van der Waals surface area contributed by atoms with Crippen LogP contribution in [0.5, 0.6) is 0 Å². The van der Waals surface area contributed by atoms with E-state index in [1.54, 1.807) is 0 Å². The van der Waals surface area contributed by atoms with Crippen LogP contribution >= 0.6 is 0 Å². The first-order valence-electron chi connectivity index (χ1n) is 7.69. The molecule has 3 aromatic rings. The molecule has 3 rings (SSSR count). The lowest BCUT2D eigenvalue weighted by Gasteiger charge is -2.11. The quantitative estimate of drug-likeness (QED) is 0.700. The first-order chi connectivity index (χ1) is 11.1. The molecule has 0 bridgehead atoms. The molecule has 2 heterocycles. The lowest BCUT2D eigenvalue weighted by molar-refractivity contribution is 0.542. The van der Waals surface area contributed by atoms with Crippen LogP contribution in [0.15, 0.2) is 30.6 Å². The minimum absolute atomic E-state index is 0.612. The largest absolute Gasteiger partial charge is 0.308 e. The van der Waals surface area contributed by atoms with E-state index in [1.165, 1.54) is 5.56 Å². The summed E-state index contributed by atoms with van der Waals surface area (Å²) in [6.07, 6.45) is 3.89. The molecular weight excluding hydrogens is 290 g/mol. The van der Waals surface area contributed by atoms with Crippen molar-refractivity contribution in [3.8, 4) is 5.69 Å². The van der Waals surface area contributed by atoms with Gasteiger partial charge in [0.1, 0.15) is 0 Å². The molecule has 0 amide bonds. The monoisotopic (exact) mass is 311 g/mol. The molecule has 0 aliphatic rings. The molecule has 0 radical (unpaired) electrons. The van der Waals surface area contributed by atoms with E-state index >= 15 is 0 Å². The number of nitrogens with zero attached hydrogens (tertiary/aromatic N) is 6. The van der Waals surface area contributed by atoms with Crippen molar-refractivity contribution >= 4 is 0 Å². The zero-order chi connectivity index (χ0) is 16.2. The maximum absolute atomic E-state index is 4.27. The Labute approximate surface area is 135 Å². The predicted molar refractivity (Wildman–Crippen MR) is 87.3 cm³/mol. The lowest BCUT2D eigenvalue weighted by atomic mass is 10.1. The molecular formula is C16H21N7. The van der Waals surface area contributed by atoms with Gasteiger partial charge < -0.3 is 5.32 Å². The predicted octanol–water partition coefficient (Wildman–Crippen LogP) is 1.57. The van der Waals surface area contributed by atoms with Crippen LogP contribution in [-0.4, -0.2) is 36.5 Å². The highest BCUT2D eigenvalue weighted by Gasteiger charge is 2.12. The normalized spacial score (nSPS) is 11.1. The second kappa shape index (κ2) is 6.70. The molecule has 0 saturated heterocycles. The van der Waals surface area contributed by atoms with E-state index in [4.69, 9.17) is 0 Å². The molecule has 2 aromatic heterocycles. The molecule has 0 spiro atoms. The fourth-order valence-corrected chi connectivity index (χ4v) is 2.61. The second-order valence-corrected chi connectivity index (χ2v) is 5.70. The highest BCUT2D eigenvalue weighted by molar-refractivity contribution is 5.46. The van der Waals surface area contributed by atoms with E-state index in [-0.39, 0.29) is 0 Å². The van der Waals surface area contributed by atoms with Crippen molar-refractivity contribution in [2.24, 2.45) is 0 Å². The molecule has 0 unspecified atom stereocenters. The maximum Gasteiger partial charge on any atom is 0.170 e. The number of para-hydroxylation sites is 1. The molecule has 0 aliphatic heterocycles. The van der Waals surface area contributed by atoms with E-state index in [1.807, 2.05) is 34.7 Å². The third-order valence-electron chi connectivity index (χ3n) is 3.75. The van der Waals surface area contributed by atoms with Gasteiger partial charge in [0.05, 0.1) is 25.0 Å². The van der Waals surface area contributed by atoms with Gasteiger partial charge in [0.25, 0.3) is 0 Å². The number of benzene rings is 1. The SMILES string of the molecule is Cc1cnn(CCNCc2nnnn2-c2c(C)cccc2C)c1. The Morgan fingerprint density at radius 1 is 1.13 bits per heavy atom. The maximum atomic E-state index is 4.27. The minimum Gasteiger partial charge on any atom is -0.308 e. The topological polar surface area (TPSA) is 73.5 Å². The Kier molecular flexibility index (Phi) is 4.47. The standard InChI is InChI=1S/C16H21N7/c1-12-9-18-22(11-12)8-7-17-10-15-19-20-21-23(15)16-13(2)5-4-6-14(16)3/h4-6,9,11,17H,7-8,10H2,1-3H3. The van der Waals surface area contributed by atoms with Crippen molar-refractivity contribution in [1.82, 2.24) is 35.3 Å². The number of aryl methyl sites for hydroxylation is 3. The van der Waals surface area contributed by atoms with Crippen molar-refractivity contribution in [2.45, 2.75) is 33.9 Å². The summed E-state index contributed by atoms with van der Waals surface area (Å²) >= 11 is 0. The molecule has 7 nitrogen and oxygen atoms in total. The lowest BCUT2D eigenvalue weighted by Crippen LogP contribution is -2.22.